The topological polar surface area (TPSA) is 62.2 Å². The third-order valence-corrected chi connectivity index (χ3v) is 5.27. The van der Waals surface area contributed by atoms with Gasteiger partial charge in [-0.25, -0.2) is 0 Å². The number of nitrogens with zero attached hydrogens (tertiary/aromatic N) is 1. The summed E-state index contributed by atoms with van der Waals surface area (Å²) in [6.45, 7) is 0. The van der Waals surface area contributed by atoms with Crippen molar-refractivity contribution in [3.05, 3.63) is 51.4 Å². The molecule has 2 N–H and O–H groups in total. The first-order chi connectivity index (χ1) is 10.6. The average Bonchev–Trinajstić information content (AvgIpc) is 2.91. The smallest absolute Gasteiger partial charge is 0.261 e. The van der Waals surface area contributed by atoms with Gasteiger partial charge in [0, 0.05) is 18.4 Å². The zero-order valence-corrected chi connectivity index (χ0v) is 13.5. The van der Waals surface area contributed by atoms with Crippen LogP contribution in [0.2, 0.25) is 4.34 Å². The molecule has 1 amide bonds. The summed E-state index contributed by atoms with van der Waals surface area (Å²) in [4.78, 5) is 17.0. The standard InChI is InChI=1S/C16H17ClN2O2S/c17-15-2-1-14(22-15)16(21)19-13(11-8-12(20)9-11)7-10-3-5-18-6-4-10/h1-6,11-13,20H,7-9H2,(H,19,21)/t11?,12?,13-/m0/s1. The minimum Gasteiger partial charge on any atom is -0.393 e. The third-order valence-electron chi connectivity index (χ3n) is 4.04. The molecule has 6 heteroatoms. The molecule has 0 unspecified atom stereocenters. The number of hydrogen-bond acceptors (Lipinski definition) is 4. The molecule has 2 aromatic heterocycles. The zero-order chi connectivity index (χ0) is 15.5. The second-order valence-electron chi connectivity index (χ2n) is 5.63. The van der Waals surface area contributed by atoms with E-state index in [1.807, 2.05) is 12.1 Å². The van der Waals surface area contributed by atoms with Crippen molar-refractivity contribution in [1.29, 1.82) is 0 Å². The van der Waals surface area contributed by atoms with E-state index >= 15 is 0 Å². The van der Waals surface area contributed by atoms with Gasteiger partial charge in [-0.3, -0.25) is 9.78 Å². The maximum Gasteiger partial charge on any atom is 0.261 e. The number of carbonyl (C=O) groups excluding carboxylic acids is 1. The highest BCUT2D eigenvalue weighted by Crippen LogP contribution is 2.32. The lowest BCUT2D eigenvalue weighted by atomic mass is 9.75. The number of amides is 1. The van der Waals surface area contributed by atoms with Gasteiger partial charge in [0.05, 0.1) is 15.3 Å². The Labute approximate surface area is 138 Å². The maximum absolute atomic E-state index is 12.4. The van der Waals surface area contributed by atoms with Gasteiger partial charge in [0.2, 0.25) is 0 Å². The van der Waals surface area contributed by atoms with E-state index in [4.69, 9.17) is 11.6 Å². The molecule has 1 aliphatic carbocycles. The molecule has 0 bridgehead atoms. The molecule has 1 aliphatic rings. The van der Waals surface area contributed by atoms with E-state index in [2.05, 4.69) is 10.3 Å². The van der Waals surface area contributed by atoms with Gasteiger partial charge in [-0.15, -0.1) is 11.3 Å². The lowest BCUT2D eigenvalue weighted by molar-refractivity contribution is 0.0240. The molecule has 0 saturated heterocycles. The van der Waals surface area contributed by atoms with Gasteiger partial charge < -0.3 is 10.4 Å². The number of hydrogen-bond donors (Lipinski definition) is 2. The van der Waals surface area contributed by atoms with Crippen LogP contribution < -0.4 is 5.32 Å². The predicted molar refractivity (Wildman–Crippen MR) is 87.3 cm³/mol. The molecule has 2 heterocycles. The molecular formula is C16H17ClN2O2S. The van der Waals surface area contributed by atoms with Crippen LogP contribution in [-0.4, -0.2) is 28.1 Å². The number of pyridine rings is 1. The molecule has 4 nitrogen and oxygen atoms in total. The highest BCUT2D eigenvalue weighted by molar-refractivity contribution is 7.17. The van der Waals surface area contributed by atoms with E-state index in [-0.39, 0.29) is 18.1 Å². The highest BCUT2D eigenvalue weighted by atomic mass is 35.5. The van der Waals surface area contributed by atoms with Gasteiger partial charge in [0.15, 0.2) is 0 Å². The number of nitrogens with one attached hydrogen (secondary N) is 1. The molecule has 1 saturated carbocycles. The Bertz CT molecular complexity index is 641. The second-order valence-corrected chi connectivity index (χ2v) is 7.34. The van der Waals surface area contributed by atoms with Crippen LogP contribution in [0.1, 0.15) is 28.1 Å². The van der Waals surface area contributed by atoms with Gasteiger partial charge in [-0.1, -0.05) is 11.6 Å². The first-order valence-corrected chi connectivity index (χ1v) is 8.44. The van der Waals surface area contributed by atoms with Crippen LogP contribution in [-0.2, 0) is 6.42 Å². The summed E-state index contributed by atoms with van der Waals surface area (Å²) in [6, 6.07) is 7.39. The Morgan fingerprint density at radius 1 is 1.36 bits per heavy atom. The quantitative estimate of drug-likeness (QED) is 0.882. The molecule has 116 valence electrons. The zero-order valence-electron chi connectivity index (χ0n) is 11.9. The average molecular weight is 337 g/mol. The van der Waals surface area contributed by atoms with E-state index in [1.165, 1.54) is 11.3 Å². The molecule has 0 aliphatic heterocycles. The fourth-order valence-corrected chi connectivity index (χ4v) is 3.69. The normalized spacial score (nSPS) is 21.9. The van der Waals surface area contributed by atoms with E-state index in [0.717, 1.165) is 24.8 Å². The van der Waals surface area contributed by atoms with Gasteiger partial charge in [0.1, 0.15) is 0 Å². The van der Waals surface area contributed by atoms with Crippen LogP contribution in [0.25, 0.3) is 0 Å². The number of aromatic nitrogens is 1. The third kappa shape index (κ3) is 3.66. The molecule has 3 rings (SSSR count). The van der Waals surface area contributed by atoms with Crippen molar-refractivity contribution >= 4 is 28.8 Å². The highest BCUT2D eigenvalue weighted by Gasteiger charge is 2.35. The summed E-state index contributed by atoms with van der Waals surface area (Å²) in [5.41, 5.74) is 1.13. The summed E-state index contributed by atoms with van der Waals surface area (Å²) in [5, 5.41) is 12.6. The Balaban J connectivity index is 1.69. The predicted octanol–water partition coefficient (Wildman–Crippen LogP) is 2.91. The monoisotopic (exact) mass is 336 g/mol. The number of aliphatic hydroxyl groups is 1. The number of rotatable bonds is 5. The minimum absolute atomic E-state index is 0.0131. The molecule has 1 fully saturated rings. The van der Waals surface area contributed by atoms with Crippen molar-refractivity contribution < 1.29 is 9.90 Å². The SMILES string of the molecule is O=C(N[C@@H](Cc1ccncc1)C1CC(O)C1)c1ccc(Cl)s1. The van der Waals surface area contributed by atoms with Gasteiger partial charge in [0.25, 0.3) is 5.91 Å². The lowest BCUT2D eigenvalue weighted by Gasteiger charge is -2.38. The minimum atomic E-state index is -0.238. The van der Waals surface area contributed by atoms with Crippen LogP contribution in [0, 0.1) is 5.92 Å². The molecule has 0 radical (unpaired) electrons. The van der Waals surface area contributed by atoms with Crippen LogP contribution in [0.15, 0.2) is 36.7 Å². The Morgan fingerprint density at radius 2 is 2.09 bits per heavy atom. The molecule has 22 heavy (non-hydrogen) atoms. The van der Waals surface area contributed by atoms with Crippen LogP contribution in [0.3, 0.4) is 0 Å². The fraction of sp³-hybridized carbons (Fsp3) is 0.375. The largest absolute Gasteiger partial charge is 0.393 e. The van der Waals surface area contributed by atoms with Crippen LogP contribution >= 0.6 is 22.9 Å². The molecule has 0 aromatic carbocycles. The maximum atomic E-state index is 12.4. The summed E-state index contributed by atoms with van der Waals surface area (Å²) >= 11 is 7.17. The Kier molecular flexibility index (Phi) is 4.76. The van der Waals surface area contributed by atoms with E-state index < -0.39 is 0 Å². The van der Waals surface area contributed by atoms with E-state index in [1.54, 1.807) is 24.5 Å². The molecule has 1 atom stereocenters. The summed E-state index contributed by atoms with van der Waals surface area (Å²) in [5.74, 6) is 0.208. The molecular weight excluding hydrogens is 320 g/mol. The van der Waals surface area contributed by atoms with Crippen LogP contribution in [0.5, 0.6) is 0 Å². The first-order valence-electron chi connectivity index (χ1n) is 7.25. The Morgan fingerprint density at radius 3 is 2.68 bits per heavy atom. The number of aliphatic hydroxyl groups excluding tert-OH is 1. The van der Waals surface area contributed by atoms with Crippen LogP contribution in [0.4, 0.5) is 0 Å². The number of thiophene rings is 1. The van der Waals surface area contributed by atoms with Crippen molar-refractivity contribution in [2.24, 2.45) is 5.92 Å². The van der Waals surface area contributed by atoms with Gasteiger partial charge >= 0.3 is 0 Å². The summed E-state index contributed by atoms with van der Waals surface area (Å²) in [7, 11) is 0. The fourth-order valence-electron chi connectivity index (χ4n) is 2.74. The second kappa shape index (κ2) is 6.77. The van der Waals surface area contributed by atoms with Crippen molar-refractivity contribution in [2.45, 2.75) is 31.4 Å². The summed E-state index contributed by atoms with van der Waals surface area (Å²) < 4.78 is 0.606. The lowest BCUT2D eigenvalue weighted by Crippen LogP contribution is -2.48. The van der Waals surface area contributed by atoms with Gasteiger partial charge in [-0.2, -0.15) is 0 Å². The van der Waals surface area contributed by atoms with Crippen molar-refractivity contribution in [1.82, 2.24) is 10.3 Å². The molecule has 0 spiro atoms. The summed E-state index contributed by atoms with van der Waals surface area (Å²) in [6.07, 6.45) is 5.48. The Hall–Kier alpha value is -1.43. The molecule has 2 aromatic rings. The van der Waals surface area contributed by atoms with E-state index in [9.17, 15) is 9.90 Å². The van der Waals surface area contributed by atoms with Crippen molar-refractivity contribution in [3.63, 3.8) is 0 Å². The van der Waals surface area contributed by atoms with Crippen molar-refractivity contribution in [2.75, 3.05) is 0 Å². The van der Waals surface area contributed by atoms with Crippen molar-refractivity contribution in [3.8, 4) is 0 Å². The van der Waals surface area contributed by atoms with Gasteiger partial charge in [-0.05, 0) is 55.0 Å². The number of halogens is 1. The van der Waals surface area contributed by atoms with E-state index in [0.29, 0.717) is 15.1 Å². The first kappa shape index (κ1) is 15.5. The number of carbonyl (C=O) groups is 1.